The lowest BCUT2D eigenvalue weighted by molar-refractivity contribution is 0.0725. The predicted octanol–water partition coefficient (Wildman–Crippen LogP) is 3.22. The third-order valence-electron chi connectivity index (χ3n) is 8.06. The average Bonchev–Trinajstić information content (AvgIpc) is 3.62. The van der Waals surface area contributed by atoms with Crippen molar-refractivity contribution in [2.75, 3.05) is 43.4 Å². The Morgan fingerprint density at radius 1 is 1.00 bits per heavy atom. The van der Waals surface area contributed by atoms with Gasteiger partial charge in [0, 0.05) is 38.1 Å². The summed E-state index contributed by atoms with van der Waals surface area (Å²) in [5.74, 6) is 3.92. The van der Waals surface area contributed by atoms with Crippen LogP contribution in [-0.2, 0) is 12.8 Å². The van der Waals surface area contributed by atoms with Crippen LogP contribution in [-0.4, -0.2) is 68.3 Å². The Kier molecular flexibility index (Phi) is 5.68. The van der Waals surface area contributed by atoms with Crippen molar-refractivity contribution in [3.63, 3.8) is 0 Å². The molecule has 7 rings (SSSR count). The molecule has 2 fully saturated rings. The van der Waals surface area contributed by atoms with Crippen LogP contribution in [0.4, 0.5) is 11.9 Å². The highest BCUT2D eigenvalue weighted by atomic mass is 16.5. The van der Waals surface area contributed by atoms with Crippen molar-refractivity contribution < 1.29 is 9.15 Å². The molecule has 3 aromatic heterocycles. The molecule has 2 saturated heterocycles. The van der Waals surface area contributed by atoms with Crippen LogP contribution in [0.25, 0.3) is 17.4 Å². The van der Waals surface area contributed by atoms with Gasteiger partial charge in [0.05, 0.1) is 12.9 Å². The number of nitrogen functional groups attached to an aromatic ring is 1. The highest BCUT2D eigenvalue weighted by molar-refractivity contribution is 5.53. The maximum atomic E-state index is 6.27. The van der Waals surface area contributed by atoms with E-state index in [1.165, 1.54) is 47.7 Å². The van der Waals surface area contributed by atoms with E-state index in [1.807, 2.05) is 6.07 Å². The summed E-state index contributed by atoms with van der Waals surface area (Å²) in [4.78, 5) is 18.6. The zero-order valence-electron chi connectivity index (χ0n) is 20.9. The number of ether oxygens (including phenoxy) is 1. The van der Waals surface area contributed by atoms with E-state index in [1.54, 1.807) is 12.3 Å². The van der Waals surface area contributed by atoms with Crippen molar-refractivity contribution in [2.24, 2.45) is 5.92 Å². The van der Waals surface area contributed by atoms with Crippen LogP contribution in [0.15, 0.2) is 41.0 Å². The molecular weight excluding hydrogens is 468 g/mol. The van der Waals surface area contributed by atoms with E-state index in [-0.39, 0.29) is 5.95 Å². The number of fused-ring (bicyclic) bond motifs is 3. The van der Waals surface area contributed by atoms with E-state index in [0.29, 0.717) is 35.3 Å². The van der Waals surface area contributed by atoms with Crippen molar-refractivity contribution in [1.82, 2.24) is 29.5 Å². The monoisotopic (exact) mass is 500 g/mol. The summed E-state index contributed by atoms with van der Waals surface area (Å²) in [5, 5.41) is 4.40. The van der Waals surface area contributed by atoms with Gasteiger partial charge in [0.25, 0.3) is 5.78 Å². The first kappa shape index (κ1) is 22.5. The van der Waals surface area contributed by atoms with Crippen LogP contribution < -0.4 is 15.4 Å². The van der Waals surface area contributed by atoms with Crippen molar-refractivity contribution in [1.29, 1.82) is 0 Å². The van der Waals surface area contributed by atoms with Gasteiger partial charge in [-0.2, -0.15) is 19.5 Å². The number of benzene rings is 1. The SMILES string of the molecule is Nc1nc(N2CCN3CC(COc4ccc5c(c4)CCCC5)CCC3C2)nc2nc(-c3ccco3)nn12. The number of piperidine rings is 1. The fourth-order valence-electron chi connectivity index (χ4n) is 6.04. The molecule has 2 atom stereocenters. The summed E-state index contributed by atoms with van der Waals surface area (Å²) < 4.78 is 13.2. The number of piperazine rings is 1. The van der Waals surface area contributed by atoms with Gasteiger partial charge in [0.1, 0.15) is 5.75 Å². The van der Waals surface area contributed by atoms with Crippen molar-refractivity contribution in [3.8, 4) is 17.3 Å². The lowest BCUT2D eigenvalue weighted by atomic mass is 9.91. The summed E-state index contributed by atoms with van der Waals surface area (Å²) in [7, 11) is 0. The second-order valence-corrected chi connectivity index (χ2v) is 10.5. The number of furan rings is 1. The molecule has 4 aromatic rings. The van der Waals surface area contributed by atoms with Crippen molar-refractivity contribution in [3.05, 3.63) is 47.7 Å². The molecule has 0 spiro atoms. The maximum absolute atomic E-state index is 6.27. The molecule has 3 aliphatic rings. The minimum absolute atomic E-state index is 0.274. The second kappa shape index (κ2) is 9.33. The summed E-state index contributed by atoms with van der Waals surface area (Å²) in [6.07, 6.45) is 8.90. The predicted molar refractivity (Wildman–Crippen MR) is 140 cm³/mol. The van der Waals surface area contributed by atoms with Gasteiger partial charge in [0.2, 0.25) is 17.7 Å². The standard InChI is InChI=1S/C27H32N8O2/c28-25-30-26(31-27-29-24(32-35(25)27)23-6-3-13-36-23)34-12-11-33-15-18(7-9-21(33)16-34)17-37-22-10-8-19-4-1-2-5-20(19)14-22/h3,6,8,10,13-14,18,21H,1-2,4-5,7,9,11-12,15-17H2,(H2,28,29,30,31,32). The van der Waals surface area contributed by atoms with Gasteiger partial charge in [-0.3, -0.25) is 4.90 Å². The molecule has 0 saturated carbocycles. The number of nitrogens with zero attached hydrogens (tertiary/aromatic N) is 7. The zero-order valence-corrected chi connectivity index (χ0v) is 20.9. The molecule has 1 aromatic carbocycles. The highest BCUT2D eigenvalue weighted by Crippen LogP contribution is 2.29. The smallest absolute Gasteiger partial charge is 0.259 e. The second-order valence-electron chi connectivity index (χ2n) is 10.5. The summed E-state index contributed by atoms with van der Waals surface area (Å²) in [6.45, 7) is 4.56. The van der Waals surface area contributed by atoms with Crippen LogP contribution in [0.1, 0.15) is 36.8 Å². The maximum Gasteiger partial charge on any atom is 0.259 e. The number of rotatable bonds is 5. The Balaban J connectivity index is 0.984. The first-order chi connectivity index (χ1) is 18.2. The van der Waals surface area contributed by atoms with Gasteiger partial charge in [-0.15, -0.1) is 5.10 Å². The van der Waals surface area contributed by atoms with Gasteiger partial charge in [-0.1, -0.05) is 6.07 Å². The molecule has 192 valence electrons. The first-order valence-corrected chi connectivity index (χ1v) is 13.4. The molecule has 2 unspecified atom stereocenters. The number of hydrogen-bond acceptors (Lipinski definition) is 9. The third-order valence-corrected chi connectivity index (χ3v) is 8.06. The highest BCUT2D eigenvalue weighted by Gasteiger charge is 2.34. The summed E-state index contributed by atoms with van der Waals surface area (Å²) >= 11 is 0. The number of aryl methyl sites for hydroxylation is 2. The molecule has 10 nitrogen and oxygen atoms in total. The number of aromatic nitrogens is 5. The summed E-state index contributed by atoms with van der Waals surface area (Å²) in [5.41, 5.74) is 9.21. The molecule has 0 amide bonds. The fraction of sp³-hybridized carbons (Fsp3) is 0.481. The van der Waals surface area contributed by atoms with Gasteiger partial charge >= 0.3 is 0 Å². The van der Waals surface area contributed by atoms with Gasteiger partial charge < -0.3 is 19.8 Å². The fourth-order valence-corrected chi connectivity index (χ4v) is 6.04. The van der Waals surface area contributed by atoms with Crippen molar-refractivity contribution in [2.45, 2.75) is 44.6 Å². The van der Waals surface area contributed by atoms with Crippen LogP contribution >= 0.6 is 0 Å². The first-order valence-electron chi connectivity index (χ1n) is 13.4. The van der Waals surface area contributed by atoms with Crippen LogP contribution in [0.3, 0.4) is 0 Å². The topological polar surface area (TPSA) is 111 Å². The normalized spacial score (nSPS) is 22.1. The Labute approximate surface area is 215 Å². The Morgan fingerprint density at radius 2 is 1.92 bits per heavy atom. The zero-order chi connectivity index (χ0) is 24.8. The number of hydrogen-bond donors (Lipinski definition) is 1. The Hall–Kier alpha value is -3.66. The van der Waals surface area contributed by atoms with E-state index in [4.69, 9.17) is 14.9 Å². The van der Waals surface area contributed by atoms with Gasteiger partial charge in [-0.25, -0.2) is 0 Å². The van der Waals surface area contributed by atoms with Crippen LogP contribution in [0, 0.1) is 5.92 Å². The summed E-state index contributed by atoms with van der Waals surface area (Å²) in [6, 6.07) is 10.8. The van der Waals surface area contributed by atoms with E-state index in [2.05, 4.69) is 48.0 Å². The van der Waals surface area contributed by atoms with E-state index in [9.17, 15) is 0 Å². The molecule has 2 aliphatic heterocycles. The number of anilines is 2. The largest absolute Gasteiger partial charge is 0.493 e. The van der Waals surface area contributed by atoms with Gasteiger partial charge in [0.15, 0.2) is 5.76 Å². The molecule has 0 radical (unpaired) electrons. The van der Waals surface area contributed by atoms with Gasteiger partial charge in [-0.05, 0) is 73.9 Å². The molecule has 10 heteroatoms. The Bertz CT molecular complexity index is 1400. The lowest BCUT2D eigenvalue weighted by Gasteiger charge is -2.46. The quantitative estimate of drug-likeness (QED) is 0.441. The van der Waals surface area contributed by atoms with E-state index >= 15 is 0 Å². The Morgan fingerprint density at radius 3 is 2.81 bits per heavy atom. The number of nitrogens with two attached hydrogens (primary N) is 1. The molecule has 5 heterocycles. The van der Waals surface area contributed by atoms with E-state index in [0.717, 1.165) is 45.0 Å². The molecular formula is C27H32N8O2. The van der Waals surface area contributed by atoms with Crippen molar-refractivity contribution >= 4 is 17.7 Å². The minimum Gasteiger partial charge on any atom is -0.493 e. The van der Waals surface area contributed by atoms with E-state index < -0.39 is 0 Å². The minimum atomic E-state index is 0.274. The van der Waals surface area contributed by atoms with Crippen LogP contribution in [0.2, 0.25) is 0 Å². The molecule has 37 heavy (non-hydrogen) atoms. The molecule has 0 bridgehead atoms. The molecule has 2 N–H and O–H groups in total. The third kappa shape index (κ3) is 4.39. The average molecular weight is 501 g/mol. The molecule has 1 aliphatic carbocycles. The lowest BCUT2D eigenvalue weighted by Crippen LogP contribution is -2.57. The van der Waals surface area contributed by atoms with Crippen LogP contribution in [0.5, 0.6) is 5.75 Å².